The van der Waals surface area contributed by atoms with Gasteiger partial charge in [-0.1, -0.05) is 17.3 Å². The zero-order chi connectivity index (χ0) is 18.1. The number of carbonyl (C=O) groups is 1. The van der Waals surface area contributed by atoms with Crippen LogP contribution >= 0.6 is 12.4 Å². The number of piperidine rings is 1. The van der Waals surface area contributed by atoms with E-state index in [1.54, 1.807) is 6.07 Å². The number of halogens is 2. The van der Waals surface area contributed by atoms with Gasteiger partial charge in [-0.15, -0.1) is 17.5 Å². The van der Waals surface area contributed by atoms with E-state index < -0.39 is 0 Å². The lowest BCUT2D eigenvalue weighted by Crippen LogP contribution is -2.33. The predicted molar refractivity (Wildman–Crippen MR) is 102 cm³/mol. The Kier molecular flexibility index (Phi) is 6.11. The highest BCUT2D eigenvalue weighted by Gasteiger charge is 2.35. The molecule has 2 heterocycles. The number of hydrogen-bond acceptors (Lipinski definition) is 4. The molecule has 146 valence electrons. The second kappa shape index (κ2) is 8.35. The third-order valence-corrected chi connectivity index (χ3v) is 5.28. The Morgan fingerprint density at radius 2 is 2.04 bits per heavy atom. The first-order valence-electron chi connectivity index (χ1n) is 9.31. The molecule has 1 saturated carbocycles. The van der Waals surface area contributed by atoms with Gasteiger partial charge in [-0.05, 0) is 63.4 Å². The Hall–Kier alpha value is -1.99. The highest BCUT2D eigenvalue weighted by atomic mass is 35.5. The summed E-state index contributed by atoms with van der Waals surface area (Å²) >= 11 is 0. The smallest absolute Gasteiger partial charge is 0.276 e. The SMILES string of the molecule is Cc1c(C(=O)N(Cc2cccc(F)c2)C2CC2)nnn1C1CCNCC1.Cl. The van der Waals surface area contributed by atoms with Crippen LogP contribution in [0.4, 0.5) is 4.39 Å². The van der Waals surface area contributed by atoms with Gasteiger partial charge in [-0.25, -0.2) is 9.07 Å². The van der Waals surface area contributed by atoms with Crippen LogP contribution in [0.25, 0.3) is 0 Å². The Morgan fingerprint density at radius 1 is 1.30 bits per heavy atom. The summed E-state index contributed by atoms with van der Waals surface area (Å²) < 4.78 is 15.4. The van der Waals surface area contributed by atoms with Crippen LogP contribution in [-0.4, -0.2) is 44.9 Å². The van der Waals surface area contributed by atoms with E-state index in [-0.39, 0.29) is 30.2 Å². The van der Waals surface area contributed by atoms with Crippen LogP contribution in [0.5, 0.6) is 0 Å². The first-order chi connectivity index (χ1) is 12.6. The van der Waals surface area contributed by atoms with Crippen LogP contribution in [0.15, 0.2) is 24.3 Å². The fourth-order valence-corrected chi connectivity index (χ4v) is 3.66. The molecule has 0 spiro atoms. The van der Waals surface area contributed by atoms with Crippen molar-refractivity contribution in [2.24, 2.45) is 0 Å². The molecule has 1 aromatic carbocycles. The average molecular weight is 394 g/mol. The van der Waals surface area contributed by atoms with Crippen molar-refractivity contribution < 1.29 is 9.18 Å². The maximum absolute atomic E-state index is 13.5. The minimum Gasteiger partial charge on any atom is -0.330 e. The van der Waals surface area contributed by atoms with Crippen LogP contribution in [-0.2, 0) is 6.54 Å². The van der Waals surface area contributed by atoms with Crippen molar-refractivity contribution in [3.8, 4) is 0 Å². The number of hydrogen-bond donors (Lipinski definition) is 1. The molecule has 27 heavy (non-hydrogen) atoms. The van der Waals surface area contributed by atoms with Gasteiger partial charge in [-0.2, -0.15) is 0 Å². The molecule has 1 saturated heterocycles. The summed E-state index contributed by atoms with van der Waals surface area (Å²) in [6.45, 7) is 4.24. The van der Waals surface area contributed by atoms with E-state index in [0.29, 0.717) is 18.3 Å². The maximum Gasteiger partial charge on any atom is 0.276 e. The van der Waals surface area contributed by atoms with Gasteiger partial charge in [0.25, 0.3) is 5.91 Å². The van der Waals surface area contributed by atoms with Gasteiger partial charge in [0, 0.05) is 12.6 Å². The molecule has 6 nitrogen and oxygen atoms in total. The van der Waals surface area contributed by atoms with Gasteiger partial charge in [0.2, 0.25) is 0 Å². The molecule has 2 fully saturated rings. The first-order valence-corrected chi connectivity index (χ1v) is 9.31. The quantitative estimate of drug-likeness (QED) is 0.848. The molecule has 2 aromatic rings. The van der Waals surface area contributed by atoms with E-state index in [0.717, 1.165) is 50.0 Å². The van der Waals surface area contributed by atoms with Gasteiger partial charge in [0.15, 0.2) is 5.69 Å². The molecule has 8 heteroatoms. The first kappa shape index (κ1) is 19.8. The molecule has 1 amide bonds. The van der Waals surface area contributed by atoms with Gasteiger partial charge < -0.3 is 10.2 Å². The van der Waals surface area contributed by atoms with E-state index in [4.69, 9.17) is 0 Å². The normalized spacial score (nSPS) is 17.4. The van der Waals surface area contributed by atoms with Gasteiger partial charge in [0.1, 0.15) is 5.82 Å². The summed E-state index contributed by atoms with van der Waals surface area (Å²) in [6.07, 6.45) is 3.96. The highest BCUT2D eigenvalue weighted by molar-refractivity contribution is 5.93. The molecule has 4 rings (SSSR count). The zero-order valence-electron chi connectivity index (χ0n) is 15.4. The predicted octanol–water partition coefficient (Wildman–Crippen LogP) is 2.88. The Bertz CT molecular complexity index is 801. The van der Waals surface area contributed by atoms with Crippen LogP contribution < -0.4 is 5.32 Å². The summed E-state index contributed by atoms with van der Waals surface area (Å²) in [7, 11) is 0. The number of nitrogens with zero attached hydrogens (tertiary/aromatic N) is 4. The minimum absolute atomic E-state index is 0. The molecular weight excluding hydrogens is 369 g/mol. The summed E-state index contributed by atoms with van der Waals surface area (Å²) in [5, 5.41) is 11.8. The number of benzene rings is 1. The summed E-state index contributed by atoms with van der Waals surface area (Å²) in [5.74, 6) is -0.381. The van der Waals surface area contributed by atoms with Crippen molar-refractivity contribution in [3.63, 3.8) is 0 Å². The number of rotatable bonds is 5. The second-order valence-corrected chi connectivity index (χ2v) is 7.24. The minimum atomic E-state index is -0.279. The topological polar surface area (TPSA) is 63.1 Å². The number of carbonyl (C=O) groups excluding carboxylic acids is 1. The molecule has 1 aromatic heterocycles. The highest BCUT2D eigenvalue weighted by Crippen LogP contribution is 2.30. The van der Waals surface area contributed by atoms with Crippen molar-refractivity contribution in [1.29, 1.82) is 0 Å². The molecule has 0 unspecified atom stereocenters. The van der Waals surface area contributed by atoms with Crippen molar-refractivity contribution in [2.45, 2.75) is 51.2 Å². The van der Waals surface area contributed by atoms with Crippen molar-refractivity contribution in [3.05, 3.63) is 47.0 Å². The monoisotopic (exact) mass is 393 g/mol. The third-order valence-electron chi connectivity index (χ3n) is 5.28. The zero-order valence-corrected chi connectivity index (χ0v) is 16.2. The molecule has 1 N–H and O–H groups in total. The number of amides is 1. The maximum atomic E-state index is 13.5. The lowest BCUT2D eigenvalue weighted by Gasteiger charge is -2.24. The van der Waals surface area contributed by atoms with E-state index in [9.17, 15) is 9.18 Å². The van der Waals surface area contributed by atoms with Crippen molar-refractivity contribution in [1.82, 2.24) is 25.2 Å². The van der Waals surface area contributed by atoms with Crippen LogP contribution in [0.2, 0.25) is 0 Å². The fourth-order valence-electron chi connectivity index (χ4n) is 3.66. The second-order valence-electron chi connectivity index (χ2n) is 7.24. The van der Waals surface area contributed by atoms with Crippen LogP contribution in [0.3, 0.4) is 0 Å². The average Bonchev–Trinajstić information content (AvgIpc) is 3.42. The molecule has 0 radical (unpaired) electrons. The third kappa shape index (κ3) is 4.30. The van der Waals surface area contributed by atoms with Gasteiger partial charge in [0.05, 0.1) is 11.7 Å². The van der Waals surface area contributed by atoms with Gasteiger partial charge in [-0.3, -0.25) is 4.79 Å². The molecule has 1 aliphatic heterocycles. The molecule has 1 aliphatic carbocycles. The van der Waals surface area contributed by atoms with E-state index in [1.807, 2.05) is 22.6 Å². The van der Waals surface area contributed by atoms with E-state index >= 15 is 0 Å². The largest absolute Gasteiger partial charge is 0.330 e. The Balaban J connectivity index is 0.00000210. The standard InChI is InChI=1S/C19H24FN5O.ClH/c1-13-18(22-23-25(13)17-7-9-21-10-8-17)19(26)24(16-5-6-16)12-14-3-2-4-15(20)11-14;/h2-4,11,16-17,21H,5-10,12H2,1H3;1H. The Labute approximate surface area is 164 Å². The Morgan fingerprint density at radius 3 is 2.70 bits per heavy atom. The molecular formula is C19H25ClFN5O. The lowest BCUT2D eigenvalue weighted by molar-refractivity contribution is 0.0722. The molecule has 2 aliphatic rings. The summed E-state index contributed by atoms with van der Waals surface area (Å²) in [5.41, 5.74) is 2.05. The fraction of sp³-hybridized carbons (Fsp3) is 0.526. The van der Waals surface area contributed by atoms with E-state index in [2.05, 4.69) is 15.6 Å². The number of nitrogens with one attached hydrogen (secondary N) is 1. The lowest BCUT2D eigenvalue weighted by atomic mass is 10.1. The molecule has 0 atom stereocenters. The van der Waals surface area contributed by atoms with Crippen LogP contribution in [0.1, 0.15) is 53.5 Å². The molecule has 0 bridgehead atoms. The summed E-state index contributed by atoms with van der Waals surface area (Å²) in [4.78, 5) is 15.0. The van der Waals surface area contributed by atoms with Crippen LogP contribution in [0, 0.1) is 12.7 Å². The van der Waals surface area contributed by atoms with Crippen molar-refractivity contribution >= 4 is 18.3 Å². The number of aromatic nitrogens is 3. The van der Waals surface area contributed by atoms with Gasteiger partial charge >= 0.3 is 0 Å². The summed E-state index contributed by atoms with van der Waals surface area (Å²) in [6, 6.07) is 6.95. The van der Waals surface area contributed by atoms with E-state index in [1.165, 1.54) is 12.1 Å². The van der Waals surface area contributed by atoms with Crippen molar-refractivity contribution in [2.75, 3.05) is 13.1 Å².